The van der Waals surface area contributed by atoms with Crippen LogP contribution >= 0.6 is 0 Å². The quantitative estimate of drug-likeness (QED) is 0.631. The minimum atomic E-state index is -0.228. The van der Waals surface area contributed by atoms with Crippen LogP contribution in [0.15, 0.2) is 60.7 Å². The summed E-state index contributed by atoms with van der Waals surface area (Å²) in [7, 11) is 0. The lowest BCUT2D eigenvalue weighted by molar-refractivity contribution is -0.147. The second-order valence-electron chi connectivity index (χ2n) is 6.57. The van der Waals surface area contributed by atoms with E-state index in [4.69, 9.17) is 14.2 Å². The van der Waals surface area contributed by atoms with E-state index < -0.39 is 0 Å². The topological polar surface area (TPSA) is 44.8 Å². The number of benzene rings is 2. The van der Waals surface area contributed by atoms with Crippen molar-refractivity contribution >= 4 is 5.97 Å². The molecule has 0 bridgehead atoms. The Morgan fingerprint density at radius 1 is 0.808 bits per heavy atom. The second-order valence-corrected chi connectivity index (χ2v) is 6.57. The number of hydrogen-bond donors (Lipinski definition) is 0. The third-order valence-electron chi connectivity index (χ3n) is 4.58. The molecule has 0 aromatic heterocycles. The van der Waals surface area contributed by atoms with Crippen molar-refractivity contribution in [2.24, 2.45) is 0 Å². The molecule has 0 aliphatic heterocycles. The van der Waals surface area contributed by atoms with Gasteiger partial charge in [-0.05, 0) is 30.4 Å². The average Bonchev–Trinajstić information content (AvgIpc) is 3.14. The van der Waals surface area contributed by atoms with Gasteiger partial charge in [0.2, 0.25) is 0 Å². The molecule has 0 saturated heterocycles. The van der Waals surface area contributed by atoms with Gasteiger partial charge >= 0.3 is 5.97 Å². The van der Waals surface area contributed by atoms with Crippen molar-refractivity contribution in [3.05, 3.63) is 71.8 Å². The van der Waals surface area contributed by atoms with E-state index in [1.54, 1.807) is 0 Å². The Morgan fingerprint density at radius 3 is 2.04 bits per heavy atom. The molecule has 2 aromatic carbocycles. The first-order valence-electron chi connectivity index (χ1n) is 9.28. The molecule has 0 heterocycles. The van der Waals surface area contributed by atoms with Crippen molar-refractivity contribution in [2.45, 2.75) is 51.1 Å². The summed E-state index contributed by atoms with van der Waals surface area (Å²) >= 11 is 0. The van der Waals surface area contributed by atoms with Crippen LogP contribution in [0.4, 0.5) is 0 Å². The molecule has 3 rings (SSSR count). The van der Waals surface area contributed by atoms with Crippen LogP contribution in [0.1, 0.15) is 36.8 Å². The number of carbonyl (C=O) groups is 1. The maximum Gasteiger partial charge on any atom is 0.308 e. The van der Waals surface area contributed by atoms with Crippen molar-refractivity contribution in [1.82, 2.24) is 0 Å². The second kappa shape index (κ2) is 10.1. The summed E-state index contributed by atoms with van der Waals surface area (Å²) in [4.78, 5) is 11.8. The van der Waals surface area contributed by atoms with Gasteiger partial charge in [0.15, 0.2) is 0 Å². The number of rotatable bonds is 9. The largest absolute Gasteiger partial charge is 0.461 e. The summed E-state index contributed by atoms with van der Waals surface area (Å²) in [6, 6.07) is 19.8. The summed E-state index contributed by atoms with van der Waals surface area (Å²) in [5.41, 5.74) is 2.16. The molecule has 4 nitrogen and oxygen atoms in total. The molecule has 138 valence electrons. The minimum Gasteiger partial charge on any atom is -0.461 e. The van der Waals surface area contributed by atoms with Crippen LogP contribution in [-0.4, -0.2) is 24.8 Å². The van der Waals surface area contributed by atoms with Gasteiger partial charge in [0.05, 0.1) is 31.8 Å². The van der Waals surface area contributed by atoms with Gasteiger partial charge in [0.25, 0.3) is 0 Å². The van der Waals surface area contributed by atoms with Crippen LogP contribution in [-0.2, 0) is 32.2 Å². The van der Waals surface area contributed by atoms with Crippen molar-refractivity contribution in [3.63, 3.8) is 0 Å². The average molecular weight is 354 g/mol. The molecule has 26 heavy (non-hydrogen) atoms. The van der Waals surface area contributed by atoms with E-state index in [0.29, 0.717) is 19.8 Å². The van der Waals surface area contributed by atoms with Crippen LogP contribution in [0.2, 0.25) is 0 Å². The van der Waals surface area contributed by atoms with E-state index in [1.807, 2.05) is 48.5 Å². The normalized spacial score (nSPS) is 19.4. The maximum atomic E-state index is 11.8. The zero-order valence-corrected chi connectivity index (χ0v) is 15.0. The summed E-state index contributed by atoms with van der Waals surface area (Å²) in [6.45, 7) is 1.29. The maximum absolute atomic E-state index is 11.8. The Kier molecular flexibility index (Phi) is 7.23. The van der Waals surface area contributed by atoms with Gasteiger partial charge < -0.3 is 14.2 Å². The predicted molar refractivity (Wildman–Crippen MR) is 99.5 cm³/mol. The molecule has 2 unspecified atom stereocenters. The van der Waals surface area contributed by atoms with Gasteiger partial charge in [-0.25, -0.2) is 0 Å². The lowest BCUT2D eigenvalue weighted by atomic mass is 10.2. The highest BCUT2D eigenvalue weighted by Gasteiger charge is 2.28. The molecule has 2 atom stereocenters. The van der Waals surface area contributed by atoms with Crippen molar-refractivity contribution in [1.29, 1.82) is 0 Å². The Balaban J connectivity index is 1.33. The third kappa shape index (κ3) is 5.97. The van der Waals surface area contributed by atoms with Crippen LogP contribution in [0, 0.1) is 0 Å². The lowest BCUT2D eigenvalue weighted by Gasteiger charge is -2.20. The number of esters is 1. The van der Waals surface area contributed by atoms with Gasteiger partial charge in [-0.15, -0.1) is 0 Å². The van der Waals surface area contributed by atoms with E-state index >= 15 is 0 Å². The van der Waals surface area contributed by atoms with Crippen LogP contribution in [0.25, 0.3) is 0 Å². The van der Waals surface area contributed by atoms with Crippen LogP contribution in [0.5, 0.6) is 0 Å². The fourth-order valence-electron chi connectivity index (χ4n) is 3.15. The van der Waals surface area contributed by atoms with Crippen molar-refractivity contribution in [2.75, 3.05) is 6.61 Å². The van der Waals surface area contributed by atoms with Crippen molar-refractivity contribution < 1.29 is 19.0 Å². The highest BCUT2D eigenvalue weighted by Crippen LogP contribution is 2.26. The predicted octanol–water partition coefficient (Wildman–Crippen LogP) is 4.27. The first-order chi connectivity index (χ1) is 12.8. The lowest BCUT2D eigenvalue weighted by Crippen LogP contribution is -2.27. The molecule has 0 amide bonds. The molecule has 0 spiro atoms. The Bertz CT molecular complexity index is 656. The fraction of sp³-hybridized carbons (Fsp3) is 0.409. The highest BCUT2D eigenvalue weighted by atomic mass is 16.5. The van der Waals surface area contributed by atoms with Crippen molar-refractivity contribution in [3.8, 4) is 0 Å². The number of ether oxygens (including phenoxy) is 3. The molecule has 0 radical (unpaired) electrons. The van der Waals surface area contributed by atoms with Crippen LogP contribution in [0.3, 0.4) is 0 Å². The van der Waals surface area contributed by atoms with E-state index in [0.717, 1.165) is 24.8 Å². The van der Waals surface area contributed by atoms with E-state index in [2.05, 4.69) is 12.1 Å². The molecule has 1 fully saturated rings. The third-order valence-corrected chi connectivity index (χ3v) is 4.58. The molecule has 1 saturated carbocycles. The number of hydrogen-bond acceptors (Lipinski definition) is 4. The monoisotopic (exact) mass is 354 g/mol. The van der Waals surface area contributed by atoms with Gasteiger partial charge in [0, 0.05) is 0 Å². The fourth-order valence-corrected chi connectivity index (χ4v) is 3.15. The molecule has 4 heteroatoms. The summed E-state index contributed by atoms with van der Waals surface area (Å²) in [6.07, 6.45) is 3.54. The summed E-state index contributed by atoms with van der Waals surface area (Å²) < 4.78 is 17.2. The Hall–Kier alpha value is -2.17. The SMILES string of the molecule is O=C(CCOC1CCCC1OCc1ccccc1)OCc1ccccc1. The zero-order valence-electron chi connectivity index (χ0n) is 15.0. The first-order valence-corrected chi connectivity index (χ1v) is 9.28. The molecule has 0 N–H and O–H groups in total. The number of carbonyl (C=O) groups excluding carboxylic acids is 1. The minimum absolute atomic E-state index is 0.0700. The van der Waals surface area contributed by atoms with E-state index in [1.165, 1.54) is 5.56 Å². The smallest absolute Gasteiger partial charge is 0.308 e. The summed E-state index contributed by atoms with van der Waals surface area (Å²) in [5, 5.41) is 0. The van der Waals surface area contributed by atoms with Crippen LogP contribution < -0.4 is 0 Å². The molecule has 1 aliphatic carbocycles. The van der Waals surface area contributed by atoms with E-state index in [9.17, 15) is 4.79 Å². The highest BCUT2D eigenvalue weighted by molar-refractivity contribution is 5.69. The first kappa shape index (κ1) is 18.6. The Morgan fingerprint density at radius 2 is 1.38 bits per heavy atom. The Labute approximate surface area is 155 Å². The van der Waals surface area contributed by atoms with E-state index in [-0.39, 0.29) is 24.6 Å². The van der Waals surface area contributed by atoms with Gasteiger partial charge in [-0.3, -0.25) is 4.79 Å². The van der Waals surface area contributed by atoms with Gasteiger partial charge in [-0.2, -0.15) is 0 Å². The van der Waals surface area contributed by atoms with Gasteiger partial charge in [0.1, 0.15) is 6.61 Å². The van der Waals surface area contributed by atoms with Gasteiger partial charge in [-0.1, -0.05) is 60.7 Å². The molecule has 2 aromatic rings. The zero-order chi connectivity index (χ0) is 18.0. The molecular weight excluding hydrogens is 328 g/mol. The molecular formula is C22H26O4. The standard InChI is InChI=1S/C22H26O4/c23-22(26-17-19-10-5-2-6-11-19)14-15-24-20-12-7-13-21(20)25-16-18-8-3-1-4-9-18/h1-6,8-11,20-21H,7,12-17H2. The summed E-state index contributed by atoms with van der Waals surface area (Å²) in [5.74, 6) is -0.228. The molecule has 1 aliphatic rings.